The molecule has 0 saturated heterocycles. The summed E-state index contributed by atoms with van der Waals surface area (Å²) in [4.78, 5) is 44.3. The van der Waals surface area contributed by atoms with Crippen LogP contribution in [-0.2, 0) is 18.4 Å². The zero-order valence-electron chi connectivity index (χ0n) is 42.6. The van der Waals surface area contributed by atoms with E-state index in [-0.39, 0.29) is 17.7 Å². The summed E-state index contributed by atoms with van der Waals surface area (Å²) in [5.41, 5.74) is 38.1. The molecule has 6 aromatic carbocycles. The normalized spacial score (nSPS) is 11.2. The molecule has 3 aromatic heterocycles. The standard InChI is InChI=1S/C57H54N9O7PS3/c1-31-34(4)46(22-16-40(31)55(67)61-49-28-37(13-19-43(49)58)52-10-7-25-75-52)64-71-74(70,72-65-47-23-17-41(32(2)35(47)5)56(68)62-50-29-38(14-20-44(50)59)53-11-8-26-76-53)73-66-48-24-18-42(33(3)36(48)6)57(69)63-51-30-39(15-21-45(51)60)54-12-9-27-77-54/h7-30,64-66H,58-60H2,1-6H3,(H,61,67)(H,62,68)(H,63,69). The number of phosphoric acid groups is 1. The number of benzene rings is 6. The average Bonchev–Trinajstić information content (AvgIpc) is 4.27. The van der Waals surface area contributed by atoms with Gasteiger partial charge in [-0.15, -0.1) is 34.0 Å². The molecule has 20 heteroatoms. The topological polar surface area (TPSA) is 246 Å². The lowest BCUT2D eigenvalue weighted by molar-refractivity contribution is 0.101. The minimum Gasteiger partial charge on any atom is -0.397 e. The first-order valence-electron chi connectivity index (χ1n) is 24.0. The highest BCUT2D eigenvalue weighted by molar-refractivity contribution is 7.48. The Morgan fingerprint density at radius 3 is 0.935 bits per heavy atom. The van der Waals surface area contributed by atoms with Gasteiger partial charge in [0.15, 0.2) is 0 Å². The van der Waals surface area contributed by atoms with Crippen molar-refractivity contribution in [1.82, 2.24) is 0 Å². The number of nitrogens with one attached hydrogen (secondary N) is 6. The molecule has 0 aliphatic rings. The highest BCUT2D eigenvalue weighted by atomic mass is 32.1. The van der Waals surface area contributed by atoms with Crippen molar-refractivity contribution < 1.29 is 32.8 Å². The lowest BCUT2D eigenvalue weighted by Gasteiger charge is -2.22. The van der Waals surface area contributed by atoms with E-state index in [0.717, 1.165) is 31.3 Å². The van der Waals surface area contributed by atoms with Crippen LogP contribution in [0.5, 0.6) is 0 Å². The zero-order chi connectivity index (χ0) is 54.5. The predicted molar refractivity (Wildman–Crippen MR) is 316 cm³/mol. The first-order valence-corrected chi connectivity index (χ1v) is 28.1. The average molecular weight is 1100 g/mol. The number of nitrogens with two attached hydrogens (primary N) is 3. The molecule has 0 aliphatic heterocycles. The maximum absolute atomic E-state index is 14.8. The van der Waals surface area contributed by atoms with Crippen LogP contribution >= 0.6 is 41.8 Å². The van der Waals surface area contributed by atoms with Crippen LogP contribution in [0, 0.1) is 41.5 Å². The third-order valence-electron chi connectivity index (χ3n) is 13.2. The zero-order valence-corrected chi connectivity index (χ0v) is 46.0. The molecular weight excluding hydrogens is 1050 g/mol. The number of hydrogen-bond acceptors (Lipinski definition) is 16. The Kier molecular flexibility index (Phi) is 15.9. The second kappa shape index (κ2) is 22.9. The van der Waals surface area contributed by atoms with Crippen molar-refractivity contribution in [2.75, 3.05) is 49.6 Å². The summed E-state index contributed by atoms with van der Waals surface area (Å²) < 4.78 is 32.3. The molecular formula is C57H54N9O7PS3. The van der Waals surface area contributed by atoms with Gasteiger partial charge in [-0.25, -0.2) is 4.57 Å². The SMILES string of the molecule is Cc1c(NOP(=O)(ONc2ccc(C(=O)Nc3cc(-c4cccs4)ccc3N)c(C)c2C)ONc2ccc(C(=O)Nc3cc(-c4cccs4)ccc3N)c(C)c2C)ccc(C(=O)Nc2cc(-c3cccs3)ccc2N)c1C. The maximum Gasteiger partial charge on any atom is 0.539 e. The Bertz CT molecular complexity index is 3360. The fourth-order valence-electron chi connectivity index (χ4n) is 8.25. The van der Waals surface area contributed by atoms with Crippen molar-refractivity contribution in [2.45, 2.75) is 41.5 Å². The highest BCUT2D eigenvalue weighted by Gasteiger charge is 2.32. The van der Waals surface area contributed by atoms with E-state index in [9.17, 15) is 18.9 Å². The van der Waals surface area contributed by atoms with E-state index in [4.69, 9.17) is 31.1 Å². The van der Waals surface area contributed by atoms with Crippen LogP contribution in [0.15, 0.2) is 144 Å². The maximum atomic E-state index is 14.8. The van der Waals surface area contributed by atoms with Crippen molar-refractivity contribution in [1.29, 1.82) is 0 Å². The van der Waals surface area contributed by atoms with Crippen molar-refractivity contribution >= 4 is 111 Å². The van der Waals surface area contributed by atoms with Crippen LogP contribution in [0.4, 0.5) is 51.2 Å². The molecule has 0 unspecified atom stereocenters. The number of carbonyl (C=O) groups is 3. The van der Waals surface area contributed by atoms with Gasteiger partial charge in [-0.05, 0) is 199 Å². The van der Waals surface area contributed by atoms with E-state index in [1.165, 1.54) is 0 Å². The fourth-order valence-corrected chi connectivity index (χ4v) is 11.2. The molecule has 12 N–H and O–H groups in total. The fraction of sp³-hybridized carbons (Fsp3) is 0.105. The van der Waals surface area contributed by atoms with E-state index in [0.29, 0.717) is 101 Å². The molecule has 0 radical (unpaired) electrons. The van der Waals surface area contributed by atoms with Crippen LogP contribution in [0.3, 0.4) is 0 Å². The summed E-state index contributed by atoms with van der Waals surface area (Å²) in [5.74, 6) is -1.16. The monoisotopic (exact) mass is 1100 g/mol. The Hall–Kier alpha value is -8.26. The Morgan fingerprint density at radius 2 is 0.675 bits per heavy atom. The van der Waals surface area contributed by atoms with Crippen molar-refractivity contribution in [3.63, 3.8) is 0 Å². The van der Waals surface area contributed by atoms with E-state index in [2.05, 4.69) is 32.4 Å². The number of carbonyl (C=O) groups excluding carboxylic acids is 3. The molecule has 77 heavy (non-hydrogen) atoms. The molecule has 392 valence electrons. The minimum absolute atomic E-state index is 0.346. The molecule has 0 spiro atoms. The molecule has 0 bridgehead atoms. The summed E-state index contributed by atoms with van der Waals surface area (Å²) in [7, 11) is -4.75. The number of amides is 3. The second-order valence-electron chi connectivity index (χ2n) is 18.0. The third kappa shape index (κ3) is 11.9. The van der Waals surface area contributed by atoms with Gasteiger partial charge in [-0.1, -0.05) is 36.4 Å². The molecule has 3 heterocycles. The number of anilines is 9. The molecule has 16 nitrogen and oxygen atoms in total. The largest absolute Gasteiger partial charge is 0.539 e. The second-order valence-corrected chi connectivity index (χ2v) is 22.2. The third-order valence-corrected chi connectivity index (χ3v) is 16.9. The molecule has 9 rings (SSSR count). The van der Waals surface area contributed by atoms with Gasteiger partial charge in [-0.2, -0.15) is 13.9 Å². The van der Waals surface area contributed by atoms with E-state index in [1.807, 2.05) is 88.9 Å². The number of hydrogen-bond donors (Lipinski definition) is 9. The van der Waals surface area contributed by atoms with Crippen LogP contribution in [0.2, 0.25) is 0 Å². The molecule has 0 atom stereocenters. The van der Waals surface area contributed by atoms with Gasteiger partial charge in [0.05, 0.1) is 51.2 Å². The summed E-state index contributed by atoms with van der Waals surface area (Å²) in [5, 5.41) is 14.8. The van der Waals surface area contributed by atoms with Gasteiger partial charge >= 0.3 is 7.82 Å². The van der Waals surface area contributed by atoms with Crippen LogP contribution in [0.1, 0.15) is 64.5 Å². The lowest BCUT2D eigenvalue weighted by atomic mass is 10.0. The molecule has 9 aromatic rings. The molecule has 0 fully saturated rings. The summed E-state index contributed by atoms with van der Waals surface area (Å²) in [6.07, 6.45) is 0. The lowest BCUT2D eigenvalue weighted by Crippen LogP contribution is -2.17. The van der Waals surface area contributed by atoms with E-state index < -0.39 is 7.82 Å². The number of nitrogen functional groups attached to an aromatic ring is 3. The molecule has 0 saturated carbocycles. The van der Waals surface area contributed by atoms with Gasteiger partial charge in [0.25, 0.3) is 17.7 Å². The first kappa shape index (κ1) is 53.6. The van der Waals surface area contributed by atoms with Gasteiger partial charge in [-0.3, -0.25) is 30.8 Å². The summed E-state index contributed by atoms with van der Waals surface area (Å²) in [6.45, 7) is 10.6. The minimum atomic E-state index is -4.75. The van der Waals surface area contributed by atoms with Gasteiger partial charge < -0.3 is 33.2 Å². The van der Waals surface area contributed by atoms with Gasteiger partial charge in [0.2, 0.25) is 0 Å². The van der Waals surface area contributed by atoms with Crippen molar-refractivity contribution in [3.8, 4) is 31.3 Å². The van der Waals surface area contributed by atoms with Crippen molar-refractivity contribution in [3.05, 3.63) is 194 Å². The Balaban J connectivity index is 0.937. The predicted octanol–water partition coefficient (Wildman–Crippen LogP) is 14.8. The van der Waals surface area contributed by atoms with Gasteiger partial charge in [0.1, 0.15) is 0 Å². The smallest absolute Gasteiger partial charge is 0.397 e. The quantitative estimate of drug-likeness (QED) is 0.0221. The highest BCUT2D eigenvalue weighted by Crippen LogP contribution is 2.50. The molecule has 0 aliphatic carbocycles. The Labute approximate surface area is 457 Å². The van der Waals surface area contributed by atoms with Crippen LogP contribution < -0.4 is 49.6 Å². The summed E-state index contributed by atoms with van der Waals surface area (Å²) in [6, 6.07) is 37.9. The van der Waals surface area contributed by atoms with E-state index in [1.54, 1.807) is 130 Å². The Morgan fingerprint density at radius 1 is 0.390 bits per heavy atom. The molecule has 3 amide bonds. The summed E-state index contributed by atoms with van der Waals surface area (Å²) >= 11 is 4.73. The number of rotatable bonds is 18. The first-order chi connectivity index (χ1) is 37.0. The number of thiophene rings is 3. The van der Waals surface area contributed by atoms with E-state index >= 15 is 0 Å². The van der Waals surface area contributed by atoms with Crippen LogP contribution in [0.25, 0.3) is 31.3 Å². The van der Waals surface area contributed by atoms with Crippen LogP contribution in [-0.4, -0.2) is 17.7 Å². The van der Waals surface area contributed by atoms with Gasteiger partial charge in [0, 0.05) is 31.3 Å². The van der Waals surface area contributed by atoms with Crippen molar-refractivity contribution in [2.24, 2.45) is 0 Å².